The number of esters is 1. The van der Waals surface area contributed by atoms with Gasteiger partial charge in [0.1, 0.15) is 6.61 Å². The predicted octanol–water partition coefficient (Wildman–Crippen LogP) is 5.27. The molecule has 31 heavy (non-hydrogen) atoms. The normalized spacial score (nSPS) is 19.2. The maximum atomic E-state index is 13.5. The number of ether oxygens (including phenoxy) is 1. The molecule has 3 nitrogen and oxygen atoms in total. The van der Waals surface area contributed by atoms with Crippen molar-refractivity contribution >= 4 is 5.97 Å². The molecule has 1 aliphatic carbocycles. The molecule has 0 unspecified atom stereocenters. The molecule has 0 radical (unpaired) electrons. The lowest BCUT2D eigenvalue weighted by Gasteiger charge is -2.21. The molecule has 0 amide bonds. The van der Waals surface area contributed by atoms with Gasteiger partial charge in [-0.3, -0.25) is 4.79 Å². The number of hydrogen-bond donors (Lipinski definition) is 0. The highest BCUT2D eigenvalue weighted by molar-refractivity contribution is 5.85. The van der Waals surface area contributed by atoms with Gasteiger partial charge in [-0.2, -0.15) is 0 Å². The smallest absolute Gasteiger partial charge is 0.310 e. The molecular weight excluding hydrogens is 382 g/mol. The minimum atomic E-state index is -0.407. The van der Waals surface area contributed by atoms with E-state index >= 15 is 0 Å². The Labute approximate surface area is 185 Å². The standard InChI is InChI=1S/C28H31NO2/c1-3-29(4-2)20-21-31-27(30)26-25(22-14-8-5-9-15-22)28(26,23-16-10-6-11-17-23)24-18-12-7-13-19-24/h5-19,25-26H,3-4,20-21H2,1-2H3/t25-,26-/m1/s1. The van der Waals surface area contributed by atoms with Crippen molar-refractivity contribution < 1.29 is 9.53 Å². The molecule has 3 aromatic carbocycles. The Morgan fingerprint density at radius 2 is 1.29 bits per heavy atom. The van der Waals surface area contributed by atoms with Crippen LogP contribution in [0.3, 0.4) is 0 Å². The molecule has 0 spiro atoms. The molecule has 0 heterocycles. The molecule has 1 saturated carbocycles. The summed E-state index contributed by atoms with van der Waals surface area (Å²) in [6.45, 7) is 7.38. The van der Waals surface area contributed by atoms with Crippen LogP contribution in [0, 0.1) is 5.92 Å². The Morgan fingerprint density at radius 3 is 1.77 bits per heavy atom. The minimum Gasteiger partial charge on any atom is -0.464 e. The molecule has 0 saturated heterocycles. The summed E-state index contributed by atoms with van der Waals surface area (Å²) in [4.78, 5) is 15.7. The first-order valence-electron chi connectivity index (χ1n) is 11.3. The third kappa shape index (κ3) is 4.03. The van der Waals surface area contributed by atoms with Crippen LogP contribution < -0.4 is 0 Å². The summed E-state index contributed by atoms with van der Waals surface area (Å²) in [6, 6.07) is 31.3. The molecule has 0 bridgehead atoms. The highest BCUT2D eigenvalue weighted by Gasteiger charge is 2.70. The van der Waals surface area contributed by atoms with Crippen molar-refractivity contribution in [1.82, 2.24) is 4.90 Å². The van der Waals surface area contributed by atoms with Gasteiger partial charge in [0.25, 0.3) is 0 Å². The molecule has 0 aromatic heterocycles. The summed E-state index contributed by atoms with van der Waals surface area (Å²) in [7, 11) is 0. The molecule has 4 rings (SSSR count). The highest BCUT2D eigenvalue weighted by Crippen LogP contribution is 2.69. The Kier molecular flexibility index (Phi) is 6.53. The molecule has 1 aliphatic rings. The number of likely N-dealkylation sites (N-methyl/N-ethyl adjacent to an activating group) is 1. The fourth-order valence-corrected chi connectivity index (χ4v) is 5.04. The fourth-order valence-electron chi connectivity index (χ4n) is 5.04. The van der Waals surface area contributed by atoms with Crippen molar-refractivity contribution in [2.75, 3.05) is 26.2 Å². The van der Waals surface area contributed by atoms with Crippen LogP contribution >= 0.6 is 0 Å². The summed E-state index contributed by atoms with van der Waals surface area (Å²) >= 11 is 0. The van der Waals surface area contributed by atoms with Gasteiger partial charge in [0, 0.05) is 17.9 Å². The topological polar surface area (TPSA) is 29.5 Å². The quantitative estimate of drug-likeness (QED) is 0.448. The van der Waals surface area contributed by atoms with Gasteiger partial charge in [0.2, 0.25) is 0 Å². The second kappa shape index (κ2) is 9.49. The molecule has 0 N–H and O–H groups in total. The number of hydrogen-bond acceptors (Lipinski definition) is 3. The zero-order chi connectivity index (χ0) is 21.7. The molecule has 2 atom stereocenters. The van der Waals surface area contributed by atoms with E-state index in [0.29, 0.717) is 6.61 Å². The summed E-state index contributed by atoms with van der Waals surface area (Å²) in [5, 5.41) is 0. The molecule has 3 heteroatoms. The first-order valence-corrected chi connectivity index (χ1v) is 11.3. The van der Waals surface area contributed by atoms with Crippen LogP contribution in [0.2, 0.25) is 0 Å². The van der Waals surface area contributed by atoms with Crippen LogP contribution in [0.5, 0.6) is 0 Å². The van der Waals surface area contributed by atoms with E-state index in [1.54, 1.807) is 0 Å². The van der Waals surface area contributed by atoms with Gasteiger partial charge in [-0.15, -0.1) is 0 Å². The van der Waals surface area contributed by atoms with Gasteiger partial charge >= 0.3 is 5.97 Å². The third-order valence-corrected chi connectivity index (χ3v) is 6.67. The second-order valence-electron chi connectivity index (χ2n) is 8.16. The number of rotatable bonds is 9. The van der Waals surface area contributed by atoms with E-state index in [0.717, 1.165) is 19.6 Å². The minimum absolute atomic E-state index is 0.0550. The summed E-state index contributed by atoms with van der Waals surface area (Å²) < 4.78 is 5.87. The maximum Gasteiger partial charge on any atom is 0.310 e. The Hall–Kier alpha value is -2.91. The van der Waals surface area contributed by atoms with E-state index in [1.165, 1.54) is 16.7 Å². The molecular formula is C28H31NO2. The average Bonchev–Trinajstić information content (AvgIpc) is 3.55. The van der Waals surface area contributed by atoms with Gasteiger partial charge in [-0.1, -0.05) is 105 Å². The number of nitrogens with zero attached hydrogens (tertiary/aromatic N) is 1. The van der Waals surface area contributed by atoms with Crippen molar-refractivity contribution in [2.45, 2.75) is 25.2 Å². The number of carbonyl (C=O) groups is 1. The summed E-state index contributed by atoms with van der Waals surface area (Å²) in [5.74, 6) is -0.287. The van der Waals surface area contributed by atoms with Crippen LogP contribution in [0.15, 0.2) is 91.0 Å². The lowest BCUT2D eigenvalue weighted by atomic mass is 9.83. The van der Waals surface area contributed by atoms with Crippen LogP contribution in [-0.2, 0) is 14.9 Å². The van der Waals surface area contributed by atoms with Crippen molar-refractivity contribution in [3.63, 3.8) is 0 Å². The Balaban J connectivity index is 1.71. The fraction of sp³-hybridized carbons (Fsp3) is 0.321. The van der Waals surface area contributed by atoms with E-state index in [1.807, 2.05) is 18.2 Å². The average molecular weight is 414 g/mol. The van der Waals surface area contributed by atoms with Crippen molar-refractivity contribution in [1.29, 1.82) is 0 Å². The largest absolute Gasteiger partial charge is 0.464 e. The van der Waals surface area contributed by atoms with E-state index < -0.39 is 5.41 Å². The van der Waals surface area contributed by atoms with E-state index in [4.69, 9.17) is 4.74 Å². The molecule has 160 valence electrons. The SMILES string of the molecule is CCN(CC)CCOC(=O)[C@H]1[C@@H](c2ccccc2)C1(c1ccccc1)c1ccccc1. The van der Waals surface area contributed by atoms with Gasteiger partial charge in [-0.05, 0) is 29.8 Å². The van der Waals surface area contributed by atoms with E-state index in [9.17, 15) is 4.79 Å². The predicted molar refractivity (Wildman–Crippen MR) is 125 cm³/mol. The van der Waals surface area contributed by atoms with Gasteiger partial charge in [0.05, 0.1) is 5.92 Å². The summed E-state index contributed by atoms with van der Waals surface area (Å²) in [5.41, 5.74) is 3.11. The van der Waals surface area contributed by atoms with Gasteiger partial charge in [0.15, 0.2) is 0 Å². The van der Waals surface area contributed by atoms with Crippen LogP contribution in [-0.4, -0.2) is 37.1 Å². The monoisotopic (exact) mass is 413 g/mol. The van der Waals surface area contributed by atoms with E-state index in [-0.39, 0.29) is 17.8 Å². The van der Waals surface area contributed by atoms with Crippen molar-refractivity contribution in [3.8, 4) is 0 Å². The number of benzene rings is 3. The zero-order valence-corrected chi connectivity index (χ0v) is 18.4. The molecule has 3 aromatic rings. The lowest BCUT2D eigenvalue weighted by molar-refractivity contribution is -0.146. The Morgan fingerprint density at radius 1 is 0.806 bits per heavy atom. The number of carbonyl (C=O) groups excluding carboxylic acids is 1. The van der Waals surface area contributed by atoms with Crippen LogP contribution in [0.1, 0.15) is 36.5 Å². The van der Waals surface area contributed by atoms with Crippen LogP contribution in [0.25, 0.3) is 0 Å². The van der Waals surface area contributed by atoms with E-state index in [2.05, 4.69) is 91.5 Å². The molecule has 1 fully saturated rings. The third-order valence-electron chi connectivity index (χ3n) is 6.67. The first-order chi connectivity index (χ1) is 15.2. The second-order valence-corrected chi connectivity index (χ2v) is 8.16. The molecule has 0 aliphatic heterocycles. The Bertz CT molecular complexity index is 928. The lowest BCUT2D eigenvalue weighted by Crippen LogP contribution is -2.28. The first kappa shape index (κ1) is 21.3. The van der Waals surface area contributed by atoms with Crippen LogP contribution in [0.4, 0.5) is 0 Å². The highest BCUT2D eigenvalue weighted by atomic mass is 16.5. The maximum absolute atomic E-state index is 13.5. The van der Waals surface area contributed by atoms with Gasteiger partial charge in [-0.25, -0.2) is 0 Å². The van der Waals surface area contributed by atoms with Crippen molar-refractivity contribution in [3.05, 3.63) is 108 Å². The van der Waals surface area contributed by atoms with Crippen molar-refractivity contribution in [2.24, 2.45) is 5.92 Å². The van der Waals surface area contributed by atoms with Gasteiger partial charge < -0.3 is 9.64 Å². The zero-order valence-electron chi connectivity index (χ0n) is 18.4. The summed E-state index contributed by atoms with van der Waals surface area (Å²) in [6.07, 6.45) is 0.